The molecule has 0 amide bonds. The second-order valence-corrected chi connectivity index (χ2v) is 21.9. The summed E-state index contributed by atoms with van der Waals surface area (Å²) in [6, 6.07) is 12.0. The van der Waals surface area contributed by atoms with Gasteiger partial charge in [-0.15, -0.1) is 0 Å². The Morgan fingerprint density at radius 2 is 1.00 bits per heavy atom. The molecule has 6 aliphatic rings. The Hall–Kier alpha value is -1.61. The van der Waals surface area contributed by atoms with Crippen LogP contribution in [0.2, 0.25) is 0 Å². The minimum Gasteiger partial charge on any atom is -0.314 e. The van der Waals surface area contributed by atoms with Crippen LogP contribution in [0.3, 0.4) is 0 Å². The van der Waals surface area contributed by atoms with Crippen molar-refractivity contribution >= 4 is 10.9 Å². The molecule has 334 valence electrons. The molecule has 0 spiro atoms. The zero-order valence-electron chi connectivity index (χ0n) is 41.0. The summed E-state index contributed by atoms with van der Waals surface area (Å²) in [7, 11) is 0. The minimum absolute atomic E-state index is 0.363. The van der Waals surface area contributed by atoms with Crippen molar-refractivity contribution in [3.63, 3.8) is 0 Å². The third kappa shape index (κ3) is 18.2. The molecular weight excluding hydrogens is 711 g/mol. The largest absolute Gasteiger partial charge is 0.314 e. The molecule has 7 heteroatoms. The van der Waals surface area contributed by atoms with Gasteiger partial charge in [0.1, 0.15) is 0 Å². The van der Waals surface area contributed by atoms with E-state index >= 15 is 0 Å². The van der Waals surface area contributed by atoms with Gasteiger partial charge in [0.05, 0.1) is 5.52 Å². The third-order valence-electron chi connectivity index (χ3n) is 13.1. The molecule has 2 atom stereocenters. The smallest absolute Gasteiger partial charge is 0.0704 e. The molecule has 1 saturated carbocycles. The first-order valence-electron chi connectivity index (χ1n) is 24.0. The van der Waals surface area contributed by atoms with Crippen molar-refractivity contribution in [2.75, 3.05) is 78.5 Å². The van der Waals surface area contributed by atoms with Crippen LogP contribution in [0, 0.1) is 11.8 Å². The Balaban J connectivity index is 0.000000188. The Kier molecular flexibility index (Phi) is 21.1. The Labute approximate surface area is 360 Å². The van der Waals surface area contributed by atoms with Gasteiger partial charge in [0, 0.05) is 79.6 Å². The monoisotopic (exact) mass is 806 g/mol. The van der Waals surface area contributed by atoms with E-state index in [1.165, 1.54) is 121 Å². The normalized spacial score (nSPS) is 23.2. The fourth-order valence-corrected chi connectivity index (χ4v) is 8.63. The predicted octanol–water partition coefficient (Wildman–Crippen LogP) is 10.6. The zero-order valence-corrected chi connectivity index (χ0v) is 41.0. The molecule has 58 heavy (non-hydrogen) atoms. The van der Waals surface area contributed by atoms with Crippen molar-refractivity contribution < 1.29 is 0 Å². The molecule has 1 aromatic heterocycles. The van der Waals surface area contributed by atoms with Crippen molar-refractivity contribution in [1.29, 1.82) is 0 Å². The summed E-state index contributed by atoms with van der Waals surface area (Å²) in [4.78, 5) is 17.0. The summed E-state index contributed by atoms with van der Waals surface area (Å²) in [5.74, 6) is 2.77. The van der Waals surface area contributed by atoms with Gasteiger partial charge in [-0.1, -0.05) is 38.5 Å². The molecule has 5 saturated heterocycles. The average Bonchev–Trinajstić information content (AvgIpc) is 3.48. The van der Waals surface area contributed by atoms with Gasteiger partial charge >= 0.3 is 0 Å². The molecule has 5 aliphatic heterocycles. The fourth-order valence-electron chi connectivity index (χ4n) is 8.63. The molecule has 1 N–H and O–H groups in total. The van der Waals surface area contributed by atoms with E-state index in [-0.39, 0.29) is 0 Å². The fraction of sp³-hybridized carbons (Fsp3) is 0.824. The van der Waals surface area contributed by atoms with Crippen LogP contribution in [0.15, 0.2) is 36.5 Å². The maximum absolute atomic E-state index is 4.32. The van der Waals surface area contributed by atoms with Crippen LogP contribution in [0.25, 0.3) is 10.9 Å². The van der Waals surface area contributed by atoms with Crippen LogP contribution in [0.4, 0.5) is 0 Å². The Morgan fingerprint density at radius 3 is 1.36 bits per heavy atom. The topological polar surface area (TPSA) is 41.1 Å². The highest BCUT2D eigenvalue weighted by Crippen LogP contribution is 2.45. The summed E-state index contributed by atoms with van der Waals surface area (Å²) in [6.07, 6.45) is 11.8. The molecule has 6 heterocycles. The first-order valence-corrected chi connectivity index (χ1v) is 24.0. The molecule has 0 bridgehead atoms. The summed E-state index contributed by atoms with van der Waals surface area (Å²) in [5.41, 5.74) is 3.67. The van der Waals surface area contributed by atoms with Crippen LogP contribution >= 0.6 is 0 Å². The molecule has 1 aliphatic carbocycles. The van der Waals surface area contributed by atoms with Crippen molar-refractivity contribution in [3.05, 3.63) is 42.1 Å². The highest BCUT2D eigenvalue weighted by atomic mass is 15.2. The number of benzene rings is 1. The zero-order chi connectivity index (χ0) is 43.1. The molecular formula is C51H95N7. The highest BCUT2D eigenvalue weighted by molar-refractivity contribution is 5.82. The molecule has 0 radical (unpaired) electrons. The van der Waals surface area contributed by atoms with E-state index in [0.29, 0.717) is 22.5 Å². The van der Waals surface area contributed by atoms with Crippen molar-refractivity contribution in [2.24, 2.45) is 11.8 Å². The first-order chi connectivity index (χ1) is 27.2. The first kappa shape index (κ1) is 50.7. The SMILES string of the molecule is CC(C)(C)N1CCC1.CC(C)(C)N1CCCCC1.CC(C)(C)N1CCNCC1.CC(C)N1CC2CC2C1.CC(C)N1CCCC1.CC(C)c1cccc2ncccc12. The number of likely N-dealkylation sites (tertiary alicyclic amines) is 4. The van der Waals surface area contributed by atoms with E-state index in [0.717, 1.165) is 42.5 Å². The summed E-state index contributed by atoms with van der Waals surface area (Å²) < 4.78 is 0. The van der Waals surface area contributed by atoms with Crippen molar-refractivity contribution in [2.45, 2.75) is 183 Å². The van der Waals surface area contributed by atoms with E-state index in [1.807, 2.05) is 12.3 Å². The number of fused-ring (bicyclic) bond motifs is 2. The third-order valence-corrected chi connectivity index (χ3v) is 13.1. The van der Waals surface area contributed by atoms with Crippen molar-refractivity contribution in [3.8, 4) is 0 Å². The number of rotatable bonds is 3. The van der Waals surface area contributed by atoms with Gasteiger partial charge in [-0.25, -0.2) is 0 Å². The van der Waals surface area contributed by atoms with E-state index in [4.69, 9.17) is 0 Å². The molecule has 6 fully saturated rings. The van der Waals surface area contributed by atoms with E-state index in [2.05, 4.69) is 163 Å². The summed E-state index contributed by atoms with van der Waals surface area (Å²) >= 11 is 0. The lowest BCUT2D eigenvalue weighted by molar-refractivity contribution is 0.0690. The van der Waals surface area contributed by atoms with E-state index in [9.17, 15) is 0 Å². The lowest BCUT2D eigenvalue weighted by Gasteiger charge is -2.42. The number of hydrogen-bond donors (Lipinski definition) is 1. The van der Waals surface area contributed by atoms with Gasteiger partial charge in [-0.05, 0) is 203 Å². The quantitative estimate of drug-likeness (QED) is 0.331. The minimum atomic E-state index is 0.363. The lowest BCUT2D eigenvalue weighted by atomic mass is 9.98. The van der Waals surface area contributed by atoms with Crippen LogP contribution in [-0.2, 0) is 0 Å². The molecule has 2 aromatic rings. The summed E-state index contributed by atoms with van der Waals surface area (Å²) in [5, 5.41) is 4.62. The van der Waals surface area contributed by atoms with Gasteiger partial charge in [-0.2, -0.15) is 0 Å². The van der Waals surface area contributed by atoms with Gasteiger partial charge in [0.25, 0.3) is 0 Å². The van der Waals surface area contributed by atoms with Crippen molar-refractivity contribution in [1.82, 2.24) is 34.8 Å². The standard InChI is InChI=1S/C12H13N.C9H19N.C8H18N2.C8H15N.2C7H15N/c1-9(2)10-5-3-7-12-11(10)6-4-8-13-12;1-9(2,3)10-7-5-4-6-8-10;1-8(2,3)10-6-4-9-5-7-10;1-6(2)9-4-7-3-8(7)5-9;1-7(2,3)8-5-4-6-8;1-7(2)8-5-3-4-6-8/h3-9H,1-2H3;4-8H2,1-3H3;9H,4-7H2,1-3H3;6-8H,3-5H2,1-2H3;4-6H2,1-3H3;7H,3-6H2,1-2H3. The second-order valence-electron chi connectivity index (χ2n) is 21.9. The Morgan fingerprint density at radius 1 is 0.534 bits per heavy atom. The number of piperazine rings is 1. The number of hydrogen-bond acceptors (Lipinski definition) is 7. The number of pyridine rings is 1. The molecule has 2 unspecified atom stereocenters. The molecule has 8 rings (SSSR count). The molecule has 7 nitrogen and oxygen atoms in total. The van der Waals surface area contributed by atoms with Crippen LogP contribution in [0.1, 0.15) is 160 Å². The second kappa shape index (κ2) is 24.1. The van der Waals surface area contributed by atoms with Crippen LogP contribution in [0.5, 0.6) is 0 Å². The van der Waals surface area contributed by atoms with E-state index < -0.39 is 0 Å². The van der Waals surface area contributed by atoms with Crippen LogP contribution in [-0.4, -0.2) is 137 Å². The van der Waals surface area contributed by atoms with Gasteiger partial charge < -0.3 is 15.1 Å². The Bertz CT molecular complexity index is 1330. The maximum atomic E-state index is 4.32. The number of nitrogens with zero attached hydrogens (tertiary/aromatic N) is 6. The summed E-state index contributed by atoms with van der Waals surface area (Å²) in [6.45, 7) is 49.5. The van der Waals surface area contributed by atoms with Gasteiger partial charge in [0.15, 0.2) is 0 Å². The lowest BCUT2D eigenvalue weighted by Crippen LogP contribution is -2.51. The number of piperidine rings is 2. The highest BCUT2D eigenvalue weighted by Gasteiger charge is 2.45. The maximum Gasteiger partial charge on any atom is 0.0704 e. The number of nitrogens with one attached hydrogen (secondary N) is 1. The molecule has 1 aromatic carbocycles. The average molecular weight is 806 g/mol. The van der Waals surface area contributed by atoms with E-state index in [1.54, 1.807) is 0 Å². The van der Waals surface area contributed by atoms with Gasteiger partial charge in [-0.3, -0.25) is 19.7 Å². The van der Waals surface area contributed by atoms with Gasteiger partial charge in [0.2, 0.25) is 0 Å². The van der Waals surface area contributed by atoms with Crippen LogP contribution < -0.4 is 5.32 Å². The predicted molar refractivity (Wildman–Crippen MR) is 255 cm³/mol. The number of aromatic nitrogens is 1.